The Labute approximate surface area is 131 Å². The monoisotopic (exact) mass is 319 g/mol. The summed E-state index contributed by atoms with van der Waals surface area (Å²) in [6.07, 6.45) is 4.58. The van der Waals surface area contributed by atoms with Crippen molar-refractivity contribution >= 4 is 0 Å². The number of H-pyrrole nitrogens is 1. The van der Waals surface area contributed by atoms with E-state index in [2.05, 4.69) is 21.1 Å². The number of hydrogen-bond donors (Lipinski definition) is 2. The quantitative estimate of drug-likeness (QED) is 0.879. The molecule has 2 atom stereocenters. The molecule has 1 aromatic rings. The maximum Gasteiger partial charge on any atom is 0.585 e. The third kappa shape index (κ3) is 2.68. The van der Waals surface area contributed by atoms with Crippen LogP contribution in [0.4, 0.5) is 8.78 Å². The SMILES string of the molecule is CNC1=CC2=C(OC(F)(F)O2)C(c2c[nH]cc2C#N)C(C)C=C1. The van der Waals surface area contributed by atoms with E-state index in [4.69, 9.17) is 4.74 Å². The van der Waals surface area contributed by atoms with Gasteiger partial charge in [0.05, 0.1) is 11.5 Å². The predicted octanol–water partition coefficient (Wildman–Crippen LogP) is 3.09. The van der Waals surface area contributed by atoms with E-state index in [1.165, 1.54) is 12.3 Å². The predicted molar refractivity (Wildman–Crippen MR) is 77.8 cm³/mol. The number of nitriles is 1. The Morgan fingerprint density at radius 1 is 1.35 bits per heavy atom. The molecular weight excluding hydrogens is 304 g/mol. The zero-order chi connectivity index (χ0) is 16.6. The number of aromatic amines is 1. The van der Waals surface area contributed by atoms with Gasteiger partial charge in [-0.25, -0.2) is 0 Å². The van der Waals surface area contributed by atoms with Gasteiger partial charge in [0.15, 0.2) is 11.5 Å². The number of hydrogen-bond acceptors (Lipinski definition) is 4. The van der Waals surface area contributed by atoms with E-state index in [0.29, 0.717) is 16.8 Å². The summed E-state index contributed by atoms with van der Waals surface area (Å²) in [7, 11) is 1.69. The minimum absolute atomic E-state index is 0.0238. The maximum atomic E-state index is 13.6. The minimum atomic E-state index is -3.72. The molecule has 1 aliphatic carbocycles. The van der Waals surface area contributed by atoms with Crippen LogP contribution >= 0.6 is 0 Å². The molecule has 0 saturated heterocycles. The normalized spacial score (nSPS) is 25.4. The van der Waals surface area contributed by atoms with Crippen molar-refractivity contribution in [3.63, 3.8) is 0 Å². The van der Waals surface area contributed by atoms with Crippen molar-refractivity contribution in [3.05, 3.63) is 59.0 Å². The molecule has 1 aliphatic heterocycles. The second-order valence-corrected chi connectivity index (χ2v) is 5.38. The molecule has 2 aliphatic rings. The first kappa shape index (κ1) is 15.2. The van der Waals surface area contributed by atoms with Crippen molar-refractivity contribution in [2.45, 2.75) is 19.1 Å². The van der Waals surface area contributed by atoms with Gasteiger partial charge in [-0.15, -0.1) is 8.78 Å². The average Bonchev–Trinajstić information content (AvgIpc) is 3.06. The van der Waals surface area contributed by atoms with E-state index in [9.17, 15) is 14.0 Å². The molecule has 0 spiro atoms. The Morgan fingerprint density at radius 2 is 2.13 bits per heavy atom. The zero-order valence-corrected chi connectivity index (χ0v) is 12.6. The van der Waals surface area contributed by atoms with Gasteiger partial charge in [0.25, 0.3) is 0 Å². The lowest BCUT2D eigenvalue weighted by Crippen LogP contribution is -2.19. The van der Waals surface area contributed by atoms with Crippen LogP contribution in [0.25, 0.3) is 0 Å². The van der Waals surface area contributed by atoms with Crippen molar-refractivity contribution in [2.24, 2.45) is 5.92 Å². The Kier molecular flexibility index (Phi) is 3.60. The summed E-state index contributed by atoms with van der Waals surface area (Å²) in [5.41, 5.74) is 1.61. The van der Waals surface area contributed by atoms with Gasteiger partial charge < -0.3 is 19.8 Å². The first-order valence-electron chi connectivity index (χ1n) is 7.09. The summed E-state index contributed by atoms with van der Waals surface area (Å²) in [4.78, 5) is 2.84. The number of ether oxygens (including phenoxy) is 2. The number of halogens is 2. The summed E-state index contributed by atoms with van der Waals surface area (Å²) in [6.45, 7) is 1.87. The summed E-state index contributed by atoms with van der Waals surface area (Å²) in [5.74, 6) is -0.746. The fraction of sp³-hybridized carbons (Fsp3) is 0.312. The Morgan fingerprint density at radius 3 is 2.83 bits per heavy atom. The van der Waals surface area contributed by atoms with Crippen LogP contribution in [0.3, 0.4) is 0 Å². The van der Waals surface area contributed by atoms with E-state index < -0.39 is 12.2 Å². The fourth-order valence-electron chi connectivity index (χ4n) is 2.80. The van der Waals surface area contributed by atoms with E-state index >= 15 is 0 Å². The summed E-state index contributed by atoms with van der Waals surface area (Å²) in [6, 6.07) is 2.06. The van der Waals surface area contributed by atoms with Crippen molar-refractivity contribution in [3.8, 4) is 6.07 Å². The lowest BCUT2D eigenvalue weighted by atomic mass is 9.83. The van der Waals surface area contributed by atoms with Crippen LogP contribution in [0.15, 0.2) is 47.8 Å². The standard InChI is InChI=1S/C16H15F2N3O2/c1-9-3-4-11(20-2)5-13-15(23-16(17,18)22-13)14(9)12-8-21-7-10(12)6-19/h3-5,7-9,14,20-21H,1-2H3. The summed E-state index contributed by atoms with van der Waals surface area (Å²) < 4.78 is 36.7. The summed E-state index contributed by atoms with van der Waals surface area (Å²) >= 11 is 0. The average molecular weight is 319 g/mol. The van der Waals surface area contributed by atoms with Crippen molar-refractivity contribution < 1.29 is 18.3 Å². The van der Waals surface area contributed by atoms with Gasteiger partial charge >= 0.3 is 6.29 Å². The van der Waals surface area contributed by atoms with E-state index in [1.807, 2.05) is 13.0 Å². The summed E-state index contributed by atoms with van der Waals surface area (Å²) in [5, 5.41) is 12.1. The molecule has 7 heteroatoms. The molecule has 1 aromatic heterocycles. The smallest absolute Gasteiger partial charge is 0.399 e. The van der Waals surface area contributed by atoms with Crippen LogP contribution in [0.5, 0.6) is 0 Å². The van der Waals surface area contributed by atoms with E-state index in [0.717, 1.165) is 0 Å². The number of aromatic nitrogens is 1. The molecular formula is C16H15F2N3O2. The molecule has 0 fully saturated rings. The highest BCUT2D eigenvalue weighted by atomic mass is 19.3. The zero-order valence-electron chi connectivity index (χ0n) is 12.6. The van der Waals surface area contributed by atoms with Gasteiger partial charge in [-0.1, -0.05) is 13.0 Å². The number of nitrogens with one attached hydrogen (secondary N) is 2. The van der Waals surface area contributed by atoms with Gasteiger partial charge in [0.1, 0.15) is 6.07 Å². The Hall–Kier alpha value is -2.75. The van der Waals surface area contributed by atoms with Crippen LogP contribution in [-0.4, -0.2) is 18.3 Å². The van der Waals surface area contributed by atoms with Gasteiger partial charge in [0, 0.05) is 31.2 Å². The number of allylic oxidation sites excluding steroid dienone is 4. The highest BCUT2D eigenvalue weighted by Gasteiger charge is 2.48. The third-order valence-electron chi connectivity index (χ3n) is 3.90. The van der Waals surface area contributed by atoms with Gasteiger partial charge in [0.2, 0.25) is 0 Å². The van der Waals surface area contributed by atoms with Gasteiger partial charge in [-0.05, 0) is 17.6 Å². The second-order valence-electron chi connectivity index (χ2n) is 5.38. The molecule has 5 nitrogen and oxygen atoms in total. The first-order chi connectivity index (χ1) is 10.9. The number of alkyl halides is 2. The molecule has 0 aromatic carbocycles. The van der Waals surface area contributed by atoms with E-state index in [1.54, 1.807) is 19.3 Å². The number of nitrogens with zero attached hydrogens (tertiary/aromatic N) is 1. The van der Waals surface area contributed by atoms with Crippen molar-refractivity contribution in [1.82, 2.24) is 10.3 Å². The van der Waals surface area contributed by atoms with Gasteiger partial charge in [-0.2, -0.15) is 5.26 Å². The molecule has 0 amide bonds. The molecule has 23 heavy (non-hydrogen) atoms. The minimum Gasteiger partial charge on any atom is -0.399 e. The van der Waals surface area contributed by atoms with Gasteiger partial charge in [-0.3, -0.25) is 0 Å². The highest BCUT2D eigenvalue weighted by molar-refractivity contribution is 5.45. The highest BCUT2D eigenvalue weighted by Crippen LogP contribution is 2.46. The number of likely N-dealkylation sites (N-methyl/N-ethyl adjacent to an activating group) is 1. The fourth-order valence-corrected chi connectivity index (χ4v) is 2.80. The Balaban J connectivity index is 2.16. The largest absolute Gasteiger partial charge is 0.585 e. The number of rotatable bonds is 2. The first-order valence-corrected chi connectivity index (χ1v) is 7.09. The second kappa shape index (κ2) is 5.47. The molecule has 0 radical (unpaired) electrons. The molecule has 2 N–H and O–H groups in total. The molecule has 0 bridgehead atoms. The molecule has 2 unspecified atom stereocenters. The molecule has 2 heterocycles. The van der Waals surface area contributed by atoms with Crippen molar-refractivity contribution in [2.75, 3.05) is 7.05 Å². The maximum absolute atomic E-state index is 13.6. The van der Waals surface area contributed by atoms with Crippen LogP contribution in [0.2, 0.25) is 0 Å². The lowest BCUT2D eigenvalue weighted by Gasteiger charge is -2.23. The van der Waals surface area contributed by atoms with Crippen LogP contribution < -0.4 is 5.32 Å². The molecule has 3 rings (SSSR count). The van der Waals surface area contributed by atoms with Crippen LogP contribution in [0, 0.1) is 17.2 Å². The van der Waals surface area contributed by atoms with E-state index in [-0.39, 0.29) is 17.4 Å². The van der Waals surface area contributed by atoms with Crippen LogP contribution in [0.1, 0.15) is 24.0 Å². The van der Waals surface area contributed by atoms with Crippen molar-refractivity contribution in [1.29, 1.82) is 5.26 Å². The van der Waals surface area contributed by atoms with Crippen LogP contribution in [-0.2, 0) is 9.47 Å². The third-order valence-corrected chi connectivity index (χ3v) is 3.90. The topological polar surface area (TPSA) is 70.1 Å². The molecule has 0 saturated carbocycles. The molecule has 120 valence electrons. The Bertz CT molecular complexity index is 756. The lowest BCUT2D eigenvalue weighted by molar-refractivity contribution is -0.337.